The minimum absolute atomic E-state index is 0.0618. The van der Waals surface area contributed by atoms with Crippen molar-refractivity contribution in [3.8, 4) is 17.3 Å². The number of benzene rings is 1. The van der Waals surface area contributed by atoms with Gasteiger partial charge in [0.15, 0.2) is 0 Å². The summed E-state index contributed by atoms with van der Waals surface area (Å²) in [6.45, 7) is 2.81. The van der Waals surface area contributed by atoms with Gasteiger partial charge < -0.3 is 4.90 Å². The molecule has 184 valence electrons. The highest BCUT2D eigenvalue weighted by molar-refractivity contribution is 5.79. The first-order chi connectivity index (χ1) is 18.0. The lowest BCUT2D eigenvalue weighted by molar-refractivity contribution is -0.131. The lowest BCUT2D eigenvalue weighted by Crippen LogP contribution is -2.47. The van der Waals surface area contributed by atoms with Gasteiger partial charge in [-0.05, 0) is 36.6 Å². The molecule has 10 nitrogen and oxygen atoms in total. The number of carbonyl (C=O) groups is 1. The number of hydrogen-bond donors (Lipinski definition) is 0. The van der Waals surface area contributed by atoms with Gasteiger partial charge in [-0.3, -0.25) is 14.5 Å². The molecule has 1 aliphatic heterocycles. The van der Waals surface area contributed by atoms with Crippen LogP contribution in [0.15, 0.2) is 61.3 Å². The minimum atomic E-state index is -0.443. The number of hydrogen-bond acceptors (Lipinski definition) is 7. The zero-order valence-electron chi connectivity index (χ0n) is 20.4. The molecule has 0 unspecified atom stereocenters. The van der Waals surface area contributed by atoms with Crippen LogP contribution < -0.4 is 0 Å². The molecule has 0 N–H and O–H groups in total. The summed E-state index contributed by atoms with van der Waals surface area (Å²) in [7, 11) is 0. The van der Waals surface area contributed by atoms with Gasteiger partial charge in [-0.2, -0.15) is 15.5 Å². The molecule has 0 atom stereocenters. The molecule has 1 aliphatic rings. The fraction of sp³-hybridized carbons (Fsp3) is 0.296. The van der Waals surface area contributed by atoms with Gasteiger partial charge in [-0.1, -0.05) is 12.1 Å². The average molecular weight is 492 g/mol. The Morgan fingerprint density at radius 3 is 2.76 bits per heavy atom. The normalized spacial score (nSPS) is 15.2. The number of rotatable bonds is 5. The fourth-order valence-electron chi connectivity index (χ4n) is 5.10. The smallest absolute Gasteiger partial charge is 0.250 e. The van der Waals surface area contributed by atoms with Gasteiger partial charge in [-0.15, -0.1) is 0 Å². The highest BCUT2D eigenvalue weighted by Gasteiger charge is 2.38. The molecule has 5 heterocycles. The Kier molecular flexibility index (Phi) is 5.60. The highest BCUT2D eigenvalue weighted by Crippen LogP contribution is 2.34. The van der Waals surface area contributed by atoms with Gasteiger partial charge in [0, 0.05) is 49.8 Å². The Morgan fingerprint density at radius 1 is 1.11 bits per heavy atom. The van der Waals surface area contributed by atoms with Gasteiger partial charge in [0.25, 0.3) is 5.78 Å². The maximum absolute atomic E-state index is 11.8. The number of aromatic nitrogens is 7. The van der Waals surface area contributed by atoms with Crippen LogP contribution in [-0.4, -0.2) is 58.2 Å². The average Bonchev–Trinajstić information content (AvgIpc) is 3.57. The summed E-state index contributed by atoms with van der Waals surface area (Å²) >= 11 is 0. The van der Waals surface area contributed by atoms with E-state index in [9.17, 15) is 10.1 Å². The first kappa shape index (κ1) is 22.8. The molecule has 0 radical (unpaired) electrons. The molecule has 0 saturated carbocycles. The molecule has 5 aromatic rings. The Balaban J connectivity index is 1.29. The van der Waals surface area contributed by atoms with Crippen LogP contribution in [0, 0.1) is 11.3 Å². The first-order valence-electron chi connectivity index (χ1n) is 12.3. The number of likely N-dealkylation sites (tertiary alicyclic amines) is 1. The SMILES string of the molecule is CC(=O)N1CCC(CC#N)(n2cc(-c3cnc4ncc(Cc5ccc6ncccc6c5)n4n3)cn2)CC1. The van der Waals surface area contributed by atoms with Crippen LogP contribution in [0.3, 0.4) is 0 Å². The van der Waals surface area contributed by atoms with Crippen LogP contribution in [0.2, 0.25) is 0 Å². The van der Waals surface area contributed by atoms with Crippen molar-refractivity contribution < 1.29 is 4.79 Å². The summed E-state index contributed by atoms with van der Waals surface area (Å²) in [5.41, 5.74) is 4.08. The van der Waals surface area contributed by atoms with Gasteiger partial charge in [0.2, 0.25) is 5.91 Å². The number of carbonyl (C=O) groups excluding carboxylic acids is 1. The topological polar surface area (TPSA) is 118 Å². The lowest BCUT2D eigenvalue weighted by atomic mass is 9.85. The third-order valence-electron chi connectivity index (χ3n) is 7.27. The van der Waals surface area contributed by atoms with E-state index in [-0.39, 0.29) is 5.91 Å². The second-order valence-corrected chi connectivity index (χ2v) is 9.55. The number of fused-ring (bicyclic) bond motifs is 2. The van der Waals surface area contributed by atoms with Crippen LogP contribution >= 0.6 is 0 Å². The van der Waals surface area contributed by atoms with Crippen molar-refractivity contribution in [2.24, 2.45) is 0 Å². The van der Waals surface area contributed by atoms with Crippen molar-refractivity contribution in [3.05, 3.63) is 72.6 Å². The van der Waals surface area contributed by atoms with E-state index >= 15 is 0 Å². The predicted octanol–water partition coefficient (Wildman–Crippen LogP) is 3.38. The van der Waals surface area contributed by atoms with Gasteiger partial charge in [0.05, 0.1) is 47.8 Å². The van der Waals surface area contributed by atoms with Gasteiger partial charge >= 0.3 is 0 Å². The molecule has 1 amide bonds. The molecule has 6 rings (SSSR count). The van der Waals surface area contributed by atoms with E-state index in [1.165, 1.54) is 0 Å². The van der Waals surface area contributed by atoms with Crippen LogP contribution in [0.4, 0.5) is 0 Å². The Labute approximate surface area is 213 Å². The summed E-state index contributed by atoms with van der Waals surface area (Å²) in [5, 5.41) is 20.1. The summed E-state index contributed by atoms with van der Waals surface area (Å²) in [4.78, 5) is 27.0. The van der Waals surface area contributed by atoms with E-state index in [2.05, 4.69) is 44.3 Å². The van der Waals surface area contributed by atoms with Crippen LogP contribution in [0.25, 0.3) is 27.9 Å². The molecule has 0 bridgehead atoms. The number of piperidine rings is 1. The zero-order valence-corrected chi connectivity index (χ0v) is 20.4. The van der Waals surface area contributed by atoms with Crippen LogP contribution in [0.5, 0.6) is 0 Å². The quantitative estimate of drug-likeness (QED) is 0.370. The second kappa shape index (κ2) is 9.09. The molecule has 4 aromatic heterocycles. The van der Waals surface area contributed by atoms with E-state index in [0.29, 0.717) is 50.2 Å². The Morgan fingerprint density at radius 2 is 1.95 bits per heavy atom. The summed E-state index contributed by atoms with van der Waals surface area (Å²) in [6.07, 6.45) is 11.3. The Bertz CT molecular complexity index is 1650. The molecule has 1 aromatic carbocycles. The van der Waals surface area contributed by atoms with Crippen LogP contribution in [-0.2, 0) is 16.8 Å². The van der Waals surface area contributed by atoms with Crippen molar-refractivity contribution in [2.45, 2.75) is 38.1 Å². The second-order valence-electron chi connectivity index (χ2n) is 9.55. The number of imidazole rings is 1. The van der Waals surface area contributed by atoms with Gasteiger partial charge in [-0.25, -0.2) is 14.5 Å². The van der Waals surface area contributed by atoms with Crippen molar-refractivity contribution in [1.29, 1.82) is 5.26 Å². The molecular formula is C27H25N9O. The number of pyridine rings is 1. The first-order valence-corrected chi connectivity index (χ1v) is 12.3. The van der Waals surface area contributed by atoms with E-state index in [0.717, 1.165) is 27.7 Å². The van der Waals surface area contributed by atoms with E-state index < -0.39 is 5.54 Å². The molecule has 1 saturated heterocycles. The maximum Gasteiger partial charge on any atom is 0.250 e. The minimum Gasteiger partial charge on any atom is -0.343 e. The number of nitrogens with zero attached hydrogens (tertiary/aromatic N) is 9. The molecule has 10 heteroatoms. The maximum atomic E-state index is 11.8. The summed E-state index contributed by atoms with van der Waals surface area (Å²) < 4.78 is 3.66. The standard InChI is InChI=1S/C27H25N9O/c1-19(37)34-11-7-27(6-9-28,8-12-34)35-18-22(15-32-35)25-17-31-26-30-16-23(36(26)33-25)14-20-4-5-24-21(13-20)3-2-10-29-24/h2-5,10,13,15-18H,6-8,11-12,14H2,1H3. The molecule has 0 aliphatic carbocycles. The highest BCUT2D eigenvalue weighted by atomic mass is 16.2. The number of amides is 1. The third-order valence-corrected chi connectivity index (χ3v) is 7.27. The Hall–Kier alpha value is -4.65. The lowest BCUT2D eigenvalue weighted by Gasteiger charge is -2.40. The monoisotopic (exact) mass is 491 g/mol. The largest absolute Gasteiger partial charge is 0.343 e. The summed E-state index contributed by atoms with van der Waals surface area (Å²) in [6, 6.07) is 12.5. The van der Waals surface area contributed by atoms with Crippen molar-refractivity contribution in [1.82, 2.24) is 39.2 Å². The van der Waals surface area contributed by atoms with Crippen LogP contribution in [0.1, 0.15) is 37.4 Å². The predicted molar refractivity (Wildman–Crippen MR) is 136 cm³/mol. The third kappa shape index (κ3) is 4.18. The molecule has 37 heavy (non-hydrogen) atoms. The van der Waals surface area contributed by atoms with E-state index in [4.69, 9.17) is 5.10 Å². The van der Waals surface area contributed by atoms with Crippen molar-refractivity contribution in [2.75, 3.05) is 13.1 Å². The fourth-order valence-corrected chi connectivity index (χ4v) is 5.10. The van der Waals surface area contributed by atoms with E-state index in [1.54, 1.807) is 36.2 Å². The van der Waals surface area contributed by atoms with Gasteiger partial charge in [0.1, 0.15) is 5.69 Å². The van der Waals surface area contributed by atoms with E-state index in [1.807, 2.05) is 27.9 Å². The molecule has 0 spiro atoms. The molecule has 1 fully saturated rings. The summed E-state index contributed by atoms with van der Waals surface area (Å²) in [5.74, 6) is 0.595. The number of nitriles is 1. The zero-order chi connectivity index (χ0) is 25.4. The van der Waals surface area contributed by atoms with Crippen molar-refractivity contribution >= 4 is 22.6 Å². The molecular weight excluding hydrogens is 466 g/mol. The van der Waals surface area contributed by atoms with Crippen molar-refractivity contribution in [3.63, 3.8) is 0 Å².